The highest BCUT2D eigenvalue weighted by molar-refractivity contribution is 6.31. The Kier molecular flexibility index (Phi) is 5.84. The average molecular weight is 330 g/mol. The van der Waals surface area contributed by atoms with Crippen molar-refractivity contribution in [3.8, 4) is 11.8 Å². The third-order valence-corrected chi connectivity index (χ3v) is 3.24. The van der Waals surface area contributed by atoms with Crippen LogP contribution in [0.4, 0.5) is 11.4 Å². The molecule has 118 valence electrons. The summed E-state index contributed by atoms with van der Waals surface area (Å²) in [5, 5.41) is 15.2. The summed E-state index contributed by atoms with van der Waals surface area (Å²) < 4.78 is 5.49. The topological polar surface area (TPSA) is 74.2 Å². The fourth-order valence-electron chi connectivity index (χ4n) is 1.98. The lowest BCUT2D eigenvalue weighted by molar-refractivity contribution is -0.114. The highest BCUT2D eigenvalue weighted by Crippen LogP contribution is 2.24. The standard InChI is InChI=1S/C17H16ClN3O2/c1-2-23-16-6-4-3-5-14(16)20-11-17(22)21-15-9-13(18)8-7-12(15)10-19/h3-9,20H,2,11H2,1H3,(H,21,22). The summed E-state index contributed by atoms with van der Waals surface area (Å²) in [7, 11) is 0. The summed E-state index contributed by atoms with van der Waals surface area (Å²) in [6.07, 6.45) is 0. The molecule has 0 bridgehead atoms. The molecule has 0 spiro atoms. The maximum atomic E-state index is 12.1. The van der Waals surface area contributed by atoms with E-state index >= 15 is 0 Å². The van der Waals surface area contributed by atoms with E-state index in [2.05, 4.69) is 10.6 Å². The Morgan fingerprint density at radius 1 is 1.26 bits per heavy atom. The lowest BCUT2D eigenvalue weighted by Crippen LogP contribution is -2.22. The fourth-order valence-corrected chi connectivity index (χ4v) is 2.15. The van der Waals surface area contributed by atoms with Gasteiger partial charge in [-0.1, -0.05) is 23.7 Å². The SMILES string of the molecule is CCOc1ccccc1NCC(=O)Nc1cc(Cl)ccc1C#N. The van der Waals surface area contributed by atoms with Crippen molar-refractivity contribution >= 4 is 28.9 Å². The Balaban J connectivity index is 2.01. The third kappa shape index (κ3) is 4.63. The van der Waals surface area contributed by atoms with Crippen LogP contribution in [0.25, 0.3) is 0 Å². The van der Waals surface area contributed by atoms with Gasteiger partial charge < -0.3 is 15.4 Å². The first kappa shape index (κ1) is 16.7. The number of anilines is 2. The molecule has 1 amide bonds. The number of nitrogens with one attached hydrogen (secondary N) is 2. The molecule has 2 aromatic carbocycles. The van der Waals surface area contributed by atoms with Gasteiger partial charge in [-0.25, -0.2) is 0 Å². The van der Waals surface area contributed by atoms with Crippen LogP contribution in [0.15, 0.2) is 42.5 Å². The second-order valence-electron chi connectivity index (χ2n) is 4.63. The number of carbonyl (C=O) groups excluding carboxylic acids is 1. The number of ether oxygens (including phenoxy) is 1. The van der Waals surface area contributed by atoms with E-state index in [1.807, 2.05) is 37.3 Å². The van der Waals surface area contributed by atoms with Crippen LogP contribution in [0.3, 0.4) is 0 Å². The smallest absolute Gasteiger partial charge is 0.243 e. The number of nitrogens with zero attached hydrogens (tertiary/aromatic N) is 1. The summed E-state index contributed by atoms with van der Waals surface area (Å²) in [6, 6.07) is 14.1. The third-order valence-electron chi connectivity index (χ3n) is 3.00. The van der Waals surface area contributed by atoms with Crippen LogP contribution in [0.2, 0.25) is 5.02 Å². The van der Waals surface area contributed by atoms with Gasteiger partial charge in [-0.2, -0.15) is 5.26 Å². The Hall–Kier alpha value is -2.71. The zero-order valence-corrected chi connectivity index (χ0v) is 13.4. The van der Waals surface area contributed by atoms with Gasteiger partial charge >= 0.3 is 0 Å². The van der Waals surface area contributed by atoms with E-state index in [4.69, 9.17) is 21.6 Å². The predicted octanol–water partition coefficient (Wildman–Crippen LogP) is 3.66. The molecule has 2 aromatic rings. The van der Waals surface area contributed by atoms with Crippen LogP contribution < -0.4 is 15.4 Å². The summed E-state index contributed by atoms with van der Waals surface area (Å²) in [4.78, 5) is 12.1. The first-order chi connectivity index (χ1) is 11.1. The Morgan fingerprint density at radius 2 is 2.04 bits per heavy atom. The van der Waals surface area contributed by atoms with Crippen molar-refractivity contribution in [2.45, 2.75) is 6.92 Å². The van der Waals surface area contributed by atoms with E-state index in [1.165, 1.54) is 0 Å². The summed E-state index contributed by atoms with van der Waals surface area (Å²) in [5.74, 6) is 0.401. The molecule has 0 aliphatic heterocycles. The number of hydrogen-bond donors (Lipinski definition) is 2. The molecule has 0 atom stereocenters. The minimum Gasteiger partial charge on any atom is -0.492 e. The normalized spacial score (nSPS) is 9.78. The lowest BCUT2D eigenvalue weighted by Gasteiger charge is -2.12. The largest absolute Gasteiger partial charge is 0.492 e. The summed E-state index contributed by atoms with van der Waals surface area (Å²) in [6.45, 7) is 2.48. The molecule has 0 saturated carbocycles. The Morgan fingerprint density at radius 3 is 2.78 bits per heavy atom. The molecule has 23 heavy (non-hydrogen) atoms. The van der Waals surface area contributed by atoms with Crippen LogP contribution in [0, 0.1) is 11.3 Å². The molecule has 6 heteroatoms. The van der Waals surface area contributed by atoms with Gasteiger partial charge in [0, 0.05) is 5.02 Å². The number of para-hydroxylation sites is 2. The Labute approximate surface area is 139 Å². The van der Waals surface area contributed by atoms with Gasteiger partial charge in [0.15, 0.2) is 0 Å². The monoisotopic (exact) mass is 329 g/mol. The average Bonchev–Trinajstić information content (AvgIpc) is 2.54. The molecule has 0 fully saturated rings. The number of hydrogen-bond acceptors (Lipinski definition) is 4. The van der Waals surface area contributed by atoms with Crippen molar-refractivity contribution in [3.63, 3.8) is 0 Å². The molecule has 0 heterocycles. The van der Waals surface area contributed by atoms with E-state index in [0.29, 0.717) is 28.6 Å². The van der Waals surface area contributed by atoms with Gasteiger partial charge in [-0.15, -0.1) is 0 Å². The van der Waals surface area contributed by atoms with E-state index in [-0.39, 0.29) is 12.5 Å². The molecule has 2 N–H and O–H groups in total. The summed E-state index contributed by atoms with van der Waals surface area (Å²) in [5.41, 5.74) is 1.48. The van der Waals surface area contributed by atoms with Crippen molar-refractivity contribution in [3.05, 3.63) is 53.1 Å². The maximum Gasteiger partial charge on any atom is 0.243 e. The van der Waals surface area contributed by atoms with Crippen LogP contribution in [0.5, 0.6) is 5.75 Å². The second-order valence-corrected chi connectivity index (χ2v) is 5.07. The highest BCUT2D eigenvalue weighted by atomic mass is 35.5. The summed E-state index contributed by atoms with van der Waals surface area (Å²) >= 11 is 5.89. The lowest BCUT2D eigenvalue weighted by atomic mass is 10.2. The van der Waals surface area contributed by atoms with Crippen molar-refractivity contribution in [1.29, 1.82) is 5.26 Å². The van der Waals surface area contributed by atoms with Crippen LogP contribution >= 0.6 is 11.6 Å². The minimum absolute atomic E-state index is 0.0431. The zero-order chi connectivity index (χ0) is 16.7. The van der Waals surface area contributed by atoms with Gasteiger partial charge in [-0.05, 0) is 37.3 Å². The van der Waals surface area contributed by atoms with Gasteiger partial charge in [0.05, 0.1) is 30.1 Å². The van der Waals surface area contributed by atoms with Gasteiger partial charge in [-0.3, -0.25) is 4.79 Å². The molecule has 0 unspecified atom stereocenters. The molecular formula is C17H16ClN3O2. The number of carbonyl (C=O) groups is 1. The zero-order valence-electron chi connectivity index (χ0n) is 12.6. The van der Waals surface area contributed by atoms with E-state index in [9.17, 15) is 4.79 Å². The molecule has 0 aliphatic rings. The molecule has 0 aromatic heterocycles. The number of halogens is 1. The quantitative estimate of drug-likeness (QED) is 0.848. The van der Waals surface area contributed by atoms with Gasteiger partial charge in [0.1, 0.15) is 11.8 Å². The first-order valence-electron chi connectivity index (χ1n) is 7.09. The molecule has 0 saturated heterocycles. The molecule has 5 nitrogen and oxygen atoms in total. The molecule has 0 aliphatic carbocycles. The number of nitriles is 1. The maximum absolute atomic E-state index is 12.1. The van der Waals surface area contributed by atoms with Crippen molar-refractivity contribution in [2.75, 3.05) is 23.8 Å². The van der Waals surface area contributed by atoms with Crippen molar-refractivity contribution in [2.24, 2.45) is 0 Å². The first-order valence-corrected chi connectivity index (χ1v) is 7.47. The van der Waals surface area contributed by atoms with Gasteiger partial charge in [0.25, 0.3) is 0 Å². The van der Waals surface area contributed by atoms with E-state index in [0.717, 1.165) is 5.69 Å². The minimum atomic E-state index is -0.282. The molecule has 2 rings (SSSR count). The fraction of sp³-hybridized carbons (Fsp3) is 0.176. The molecular weight excluding hydrogens is 314 g/mol. The number of rotatable bonds is 6. The van der Waals surface area contributed by atoms with Crippen LogP contribution in [-0.4, -0.2) is 19.1 Å². The second kappa shape index (κ2) is 8.06. The van der Waals surface area contributed by atoms with E-state index in [1.54, 1.807) is 18.2 Å². The van der Waals surface area contributed by atoms with Crippen molar-refractivity contribution < 1.29 is 9.53 Å². The van der Waals surface area contributed by atoms with Gasteiger partial charge in [0.2, 0.25) is 5.91 Å². The van der Waals surface area contributed by atoms with Crippen LogP contribution in [0.1, 0.15) is 12.5 Å². The number of amides is 1. The Bertz CT molecular complexity index is 741. The van der Waals surface area contributed by atoms with Crippen LogP contribution in [-0.2, 0) is 4.79 Å². The highest BCUT2D eigenvalue weighted by Gasteiger charge is 2.09. The van der Waals surface area contributed by atoms with E-state index < -0.39 is 0 Å². The predicted molar refractivity (Wildman–Crippen MR) is 90.9 cm³/mol. The van der Waals surface area contributed by atoms with Crippen molar-refractivity contribution in [1.82, 2.24) is 0 Å². The number of benzene rings is 2. The molecule has 0 radical (unpaired) electrons.